The Morgan fingerprint density at radius 2 is 1.80 bits per heavy atom. The van der Waals surface area contributed by atoms with Gasteiger partial charge >= 0.3 is 0 Å². The van der Waals surface area contributed by atoms with Crippen molar-refractivity contribution in [2.75, 3.05) is 19.6 Å². The fourth-order valence-electron chi connectivity index (χ4n) is 3.18. The summed E-state index contributed by atoms with van der Waals surface area (Å²) in [5.74, 6) is 0.461. The summed E-state index contributed by atoms with van der Waals surface area (Å²) >= 11 is 0. The Kier molecular flexibility index (Phi) is 3.45. The summed E-state index contributed by atoms with van der Waals surface area (Å²) < 4.78 is 0. The molecule has 2 rings (SSSR count). The second-order valence-electron chi connectivity index (χ2n) is 5.38. The Morgan fingerprint density at radius 1 is 1.20 bits per heavy atom. The number of nitrogens with zero attached hydrogens (tertiary/aromatic N) is 1. The molecule has 0 spiro atoms. The van der Waals surface area contributed by atoms with Gasteiger partial charge < -0.3 is 4.90 Å². The molecule has 0 aromatic rings. The number of hydrogen-bond donors (Lipinski definition) is 0. The van der Waals surface area contributed by atoms with E-state index in [9.17, 15) is 4.79 Å². The molecule has 86 valence electrons. The van der Waals surface area contributed by atoms with Crippen molar-refractivity contribution in [2.24, 2.45) is 5.41 Å². The van der Waals surface area contributed by atoms with Gasteiger partial charge in [0.15, 0.2) is 0 Å². The third-order valence-electron chi connectivity index (χ3n) is 4.39. The average molecular weight is 209 g/mol. The van der Waals surface area contributed by atoms with E-state index in [4.69, 9.17) is 0 Å². The van der Waals surface area contributed by atoms with Gasteiger partial charge in [-0.05, 0) is 24.7 Å². The zero-order valence-electron chi connectivity index (χ0n) is 9.93. The number of hydrogen-bond acceptors (Lipinski definition) is 2. The Morgan fingerprint density at radius 3 is 2.33 bits per heavy atom. The van der Waals surface area contributed by atoms with Gasteiger partial charge in [-0.15, -0.1) is 0 Å². The Balaban J connectivity index is 1.87. The molecule has 0 atom stereocenters. The van der Waals surface area contributed by atoms with Crippen molar-refractivity contribution in [1.82, 2.24) is 4.90 Å². The summed E-state index contributed by atoms with van der Waals surface area (Å²) in [5.41, 5.74) is 0.598. The third kappa shape index (κ3) is 2.60. The molecule has 1 aliphatic heterocycles. The van der Waals surface area contributed by atoms with Crippen LogP contribution in [-0.4, -0.2) is 30.3 Å². The van der Waals surface area contributed by atoms with E-state index >= 15 is 0 Å². The monoisotopic (exact) mass is 209 g/mol. The molecule has 1 saturated carbocycles. The molecule has 2 aliphatic rings. The first kappa shape index (κ1) is 11.1. The number of Topliss-reactive ketones (excluding diaryl/α,β-unsaturated/α-hetero) is 1. The van der Waals surface area contributed by atoms with Crippen molar-refractivity contribution < 1.29 is 4.79 Å². The molecule has 0 N–H and O–H groups in total. The molecule has 0 amide bonds. The summed E-state index contributed by atoms with van der Waals surface area (Å²) in [6.45, 7) is 5.61. The second-order valence-corrected chi connectivity index (χ2v) is 5.38. The van der Waals surface area contributed by atoms with Crippen LogP contribution in [0.1, 0.15) is 51.9 Å². The first-order chi connectivity index (χ1) is 7.24. The van der Waals surface area contributed by atoms with Gasteiger partial charge in [0.2, 0.25) is 0 Å². The summed E-state index contributed by atoms with van der Waals surface area (Å²) in [4.78, 5) is 13.7. The minimum absolute atomic E-state index is 0.461. The summed E-state index contributed by atoms with van der Waals surface area (Å²) in [5, 5.41) is 0. The zero-order chi connectivity index (χ0) is 10.7. The minimum Gasteiger partial charge on any atom is -0.302 e. The largest absolute Gasteiger partial charge is 0.302 e. The lowest BCUT2D eigenvalue weighted by Gasteiger charge is -2.36. The Hall–Kier alpha value is -0.370. The highest BCUT2D eigenvalue weighted by Crippen LogP contribution is 2.41. The molecule has 15 heavy (non-hydrogen) atoms. The Bertz CT molecular complexity index is 221. The lowest BCUT2D eigenvalue weighted by molar-refractivity contribution is -0.121. The molecule has 0 bridgehead atoms. The van der Waals surface area contributed by atoms with Crippen LogP contribution in [0.4, 0.5) is 0 Å². The van der Waals surface area contributed by atoms with Crippen LogP contribution in [0, 0.1) is 5.41 Å². The van der Waals surface area contributed by atoms with Gasteiger partial charge in [0.25, 0.3) is 0 Å². The molecule has 1 saturated heterocycles. The molecular weight excluding hydrogens is 186 g/mol. The van der Waals surface area contributed by atoms with E-state index in [-0.39, 0.29) is 0 Å². The highest BCUT2D eigenvalue weighted by Gasteiger charge is 2.34. The van der Waals surface area contributed by atoms with Gasteiger partial charge in [-0.3, -0.25) is 4.79 Å². The predicted octanol–water partition coefficient (Wildman–Crippen LogP) is 2.62. The zero-order valence-corrected chi connectivity index (χ0v) is 9.93. The lowest BCUT2D eigenvalue weighted by Crippen LogP contribution is -2.41. The number of carbonyl (C=O) groups is 1. The van der Waals surface area contributed by atoms with Crippen LogP contribution in [0.25, 0.3) is 0 Å². The number of piperidine rings is 1. The predicted molar refractivity (Wildman–Crippen MR) is 61.9 cm³/mol. The van der Waals surface area contributed by atoms with E-state index in [1.54, 1.807) is 0 Å². The van der Waals surface area contributed by atoms with E-state index in [0.29, 0.717) is 11.2 Å². The van der Waals surface area contributed by atoms with E-state index in [0.717, 1.165) is 25.9 Å². The van der Waals surface area contributed by atoms with Crippen LogP contribution in [0.2, 0.25) is 0 Å². The standard InChI is InChI=1S/C13H23NO/c1-2-13(7-3-4-8-13)11-14-9-5-12(15)6-10-14/h2-11H2,1H3. The Labute approximate surface area is 93.0 Å². The quantitative estimate of drug-likeness (QED) is 0.712. The molecule has 2 heteroatoms. The maximum atomic E-state index is 11.2. The fraction of sp³-hybridized carbons (Fsp3) is 0.923. The molecule has 1 aliphatic carbocycles. The van der Waals surface area contributed by atoms with Gasteiger partial charge in [-0.1, -0.05) is 19.8 Å². The minimum atomic E-state index is 0.461. The van der Waals surface area contributed by atoms with Gasteiger partial charge in [-0.25, -0.2) is 0 Å². The van der Waals surface area contributed by atoms with E-state index < -0.39 is 0 Å². The second kappa shape index (κ2) is 4.65. The van der Waals surface area contributed by atoms with E-state index in [1.807, 2.05) is 0 Å². The van der Waals surface area contributed by atoms with Gasteiger partial charge in [0.1, 0.15) is 5.78 Å². The van der Waals surface area contributed by atoms with Crippen molar-refractivity contribution in [1.29, 1.82) is 0 Å². The van der Waals surface area contributed by atoms with Crippen molar-refractivity contribution in [3.8, 4) is 0 Å². The molecule has 1 heterocycles. The highest BCUT2D eigenvalue weighted by molar-refractivity contribution is 5.79. The smallest absolute Gasteiger partial charge is 0.135 e. The number of rotatable bonds is 3. The van der Waals surface area contributed by atoms with Gasteiger partial charge in [0.05, 0.1) is 0 Å². The maximum absolute atomic E-state index is 11.2. The number of likely N-dealkylation sites (tertiary alicyclic amines) is 1. The first-order valence-electron chi connectivity index (χ1n) is 6.48. The maximum Gasteiger partial charge on any atom is 0.135 e. The van der Waals surface area contributed by atoms with Crippen molar-refractivity contribution >= 4 is 5.78 Å². The topological polar surface area (TPSA) is 20.3 Å². The van der Waals surface area contributed by atoms with Crippen LogP contribution in [-0.2, 0) is 4.79 Å². The van der Waals surface area contributed by atoms with Crippen LogP contribution in [0.5, 0.6) is 0 Å². The number of ketones is 1. The third-order valence-corrected chi connectivity index (χ3v) is 4.39. The SMILES string of the molecule is CCC1(CN2CCC(=O)CC2)CCCC1. The first-order valence-corrected chi connectivity index (χ1v) is 6.48. The van der Waals surface area contributed by atoms with Gasteiger partial charge in [0, 0.05) is 32.5 Å². The number of carbonyl (C=O) groups excluding carboxylic acids is 1. The van der Waals surface area contributed by atoms with Crippen LogP contribution >= 0.6 is 0 Å². The lowest BCUT2D eigenvalue weighted by atomic mass is 9.82. The molecule has 0 unspecified atom stereocenters. The molecule has 0 aromatic carbocycles. The molecule has 2 fully saturated rings. The molecule has 0 aromatic heterocycles. The summed E-state index contributed by atoms with van der Waals surface area (Å²) in [6.07, 6.45) is 8.56. The highest BCUT2D eigenvalue weighted by atomic mass is 16.1. The average Bonchev–Trinajstić information content (AvgIpc) is 2.71. The molecule has 0 radical (unpaired) electrons. The molecule has 2 nitrogen and oxygen atoms in total. The van der Waals surface area contributed by atoms with Crippen molar-refractivity contribution in [2.45, 2.75) is 51.9 Å². The summed E-state index contributed by atoms with van der Waals surface area (Å²) in [7, 11) is 0. The van der Waals surface area contributed by atoms with Crippen molar-refractivity contribution in [3.05, 3.63) is 0 Å². The van der Waals surface area contributed by atoms with E-state index in [2.05, 4.69) is 11.8 Å². The van der Waals surface area contributed by atoms with Gasteiger partial charge in [-0.2, -0.15) is 0 Å². The molecular formula is C13H23NO. The van der Waals surface area contributed by atoms with E-state index in [1.165, 1.54) is 38.6 Å². The van der Waals surface area contributed by atoms with Crippen LogP contribution in [0.15, 0.2) is 0 Å². The summed E-state index contributed by atoms with van der Waals surface area (Å²) in [6, 6.07) is 0. The van der Waals surface area contributed by atoms with Crippen LogP contribution < -0.4 is 0 Å². The fourth-order valence-corrected chi connectivity index (χ4v) is 3.18. The normalized spacial score (nSPS) is 27.1. The van der Waals surface area contributed by atoms with Crippen molar-refractivity contribution in [3.63, 3.8) is 0 Å². The van der Waals surface area contributed by atoms with Crippen LogP contribution in [0.3, 0.4) is 0 Å².